The van der Waals surface area contributed by atoms with Crippen molar-refractivity contribution in [1.29, 1.82) is 0 Å². The first-order valence-corrected chi connectivity index (χ1v) is 4.11. The Morgan fingerprint density at radius 3 is 2.80 bits per heavy atom. The minimum Gasteiger partial charge on any atom is -0.313 e. The van der Waals surface area contributed by atoms with Gasteiger partial charge in [-0.15, -0.1) is 0 Å². The van der Waals surface area contributed by atoms with Gasteiger partial charge < -0.3 is 5.32 Å². The van der Waals surface area contributed by atoms with Crippen LogP contribution in [-0.2, 0) is 4.79 Å². The molecule has 0 radical (unpaired) electrons. The predicted octanol–water partition coefficient (Wildman–Crippen LogP) is 0.718. The van der Waals surface area contributed by atoms with Gasteiger partial charge in [0.2, 0.25) is 0 Å². The van der Waals surface area contributed by atoms with Gasteiger partial charge in [0.1, 0.15) is 5.78 Å². The van der Waals surface area contributed by atoms with Crippen LogP contribution in [0.25, 0.3) is 0 Å². The van der Waals surface area contributed by atoms with E-state index < -0.39 is 0 Å². The lowest BCUT2D eigenvalue weighted by molar-refractivity contribution is -0.120. The van der Waals surface area contributed by atoms with E-state index in [1.54, 1.807) is 0 Å². The summed E-state index contributed by atoms with van der Waals surface area (Å²) in [5.41, 5.74) is 0. The molecule has 1 heterocycles. The minimum atomic E-state index is 0.454. The van der Waals surface area contributed by atoms with E-state index in [0.717, 1.165) is 25.3 Å². The van der Waals surface area contributed by atoms with Crippen LogP contribution in [0, 0.1) is 5.92 Å². The summed E-state index contributed by atoms with van der Waals surface area (Å²) in [6.07, 6.45) is 4.23. The van der Waals surface area contributed by atoms with Gasteiger partial charge in [-0.3, -0.25) is 4.79 Å². The Morgan fingerprint density at radius 1 is 1.40 bits per heavy atom. The molecular weight excluding hydrogens is 126 g/mol. The first-order valence-electron chi connectivity index (χ1n) is 4.11. The van der Waals surface area contributed by atoms with E-state index in [1.807, 2.05) is 0 Å². The second-order valence-electron chi connectivity index (χ2n) is 3.39. The van der Waals surface area contributed by atoms with Crippen molar-refractivity contribution in [3.63, 3.8) is 0 Å². The third kappa shape index (κ3) is 1.21. The summed E-state index contributed by atoms with van der Waals surface area (Å²) >= 11 is 0. The molecule has 0 unspecified atom stereocenters. The Morgan fingerprint density at radius 2 is 2.20 bits per heavy atom. The molecule has 0 aromatic carbocycles. The molecule has 2 aliphatic rings. The zero-order chi connectivity index (χ0) is 6.97. The van der Waals surface area contributed by atoms with Crippen molar-refractivity contribution in [1.82, 2.24) is 5.32 Å². The van der Waals surface area contributed by atoms with Crippen molar-refractivity contribution < 1.29 is 4.79 Å². The van der Waals surface area contributed by atoms with Crippen LogP contribution in [0.1, 0.15) is 25.7 Å². The molecule has 0 amide bonds. The molecule has 2 rings (SSSR count). The van der Waals surface area contributed by atoms with Crippen molar-refractivity contribution >= 4 is 5.78 Å². The van der Waals surface area contributed by atoms with Crippen molar-refractivity contribution in [2.75, 3.05) is 6.54 Å². The fraction of sp³-hybridized carbons (Fsp3) is 0.875. The number of piperidine rings is 1. The average molecular weight is 139 g/mol. The van der Waals surface area contributed by atoms with Gasteiger partial charge in [-0.05, 0) is 18.8 Å². The predicted molar refractivity (Wildman–Crippen MR) is 38.8 cm³/mol. The molecule has 0 bridgehead atoms. The number of carbonyl (C=O) groups is 1. The van der Waals surface area contributed by atoms with E-state index >= 15 is 0 Å². The SMILES string of the molecule is O=C1CCN[C@@H](C2CC2)C1. The summed E-state index contributed by atoms with van der Waals surface area (Å²) in [5.74, 6) is 1.29. The normalized spacial score (nSPS) is 34.4. The van der Waals surface area contributed by atoms with E-state index in [4.69, 9.17) is 0 Å². The van der Waals surface area contributed by atoms with Gasteiger partial charge in [0.05, 0.1) is 0 Å². The zero-order valence-corrected chi connectivity index (χ0v) is 6.10. The Hall–Kier alpha value is -0.370. The molecule has 1 aliphatic carbocycles. The quantitative estimate of drug-likeness (QED) is 0.580. The number of hydrogen-bond donors (Lipinski definition) is 1. The molecule has 0 aromatic heterocycles. The van der Waals surface area contributed by atoms with Crippen molar-refractivity contribution in [2.24, 2.45) is 5.92 Å². The molecule has 1 aliphatic heterocycles. The van der Waals surface area contributed by atoms with Crippen LogP contribution >= 0.6 is 0 Å². The van der Waals surface area contributed by atoms with Crippen molar-refractivity contribution in [2.45, 2.75) is 31.7 Å². The topological polar surface area (TPSA) is 29.1 Å². The fourth-order valence-corrected chi connectivity index (χ4v) is 1.65. The molecule has 1 saturated carbocycles. The second-order valence-corrected chi connectivity index (χ2v) is 3.39. The molecule has 2 fully saturated rings. The fourth-order valence-electron chi connectivity index (χ4n) is 1.65. The lowest BCUT2D eigenvalue weighted by atomic mass is 10.00. The summed E-state index contributed by atoms with van der Waals surface area (Å²) < 4.78 is 0. The second kappa shape index (κ2) is 2.35. The van der Waals surface area contributed by atoms with Crippen LogP contribution < -0.4 is 5.32 Å². The smallest absolute Gasteiger partial charge is 0.135 e. The molecule has 1 atom stereocenters. The number of hydrogen-bond acceptors (Lipinski definition) is 2. The summed E-state index contributed by atoms with van der Waals surface area (Å²) in [6.45, 7) is 0.917. The van der Waals surface area contributed by atoms with Crippen LogP contribution in [0.4, 0.5) is 0 Å². The highest BCUT2D eigenvalue weighted by Crippen LogP contribution is 2.34. The van der Waals surface area contributed by atoms with Crippen molar-refractivity contribution in [3.8, 4) is 0 Å². The molecule has 0 aromatic rings. The maximum Gasteiger partial charge on any atom is 0.135 e. The van der Waals surface area contributed by atoms with E-state index in [9.17, 15) is 4.79 Å². The minimum absolute atomic E-state index is 0.454. The molecule has 2 nitrogen and oxygen atoms in total. The third-order valence-corrected chi connectivity index (χ3v) is 2.45. The van der Waals surface area contributed by atoms with Gasteiger partial charge in [-0.2, -0.15) is 0 Å². The van der Waals surface area contributed by atoms with Crippen LogP contribution in [0.2, 0.25) is 0 Å². The Balaban J connectivity index is 1.89. The lowest BCUT2D eigenvalue weighted by Gasteiger charge is -2.21. The monoisotopic (exact) mass is 139 g/mol. The van der Waals surface area contributed by atoms with E-state index in [-0.39, 0.29) is 0 Å². The van der Waals surface area contributed by atoms with Crippen LogP contribution in [0.3, 0.4) is 0 Å². The van der Waals surface area contributed by atoms with Gasteiger partial charge >= 0.3 is 0 Å². The van der Waals surface area contributed by atoms with Gasteiger partial charge in [0.15, 0.2) is 0 Å². The summed E-state index contributed by atoms with van der Waals surface area (Å²) in [4.78, 5) is 11.0. The van der Waals surface area contributed by atoms with Gasteiger partial charge in [0, 0.05) is 25.4 Å². The van der Waals surface area contributed by atoms with E-state index in [1.165, 1.54) is 12.8 Å². The van der Waals surface area contributed by atoms with Gasteiger partial charge in [-0.25, -0.2) is 0 Å². The summed E-state index contributed by atoms with van der Waals surface area (Å²) in [7, 11) is 0. The van der Waals surface area contributed by atoms with E-state index in [2.05, 4.69) is 5.32 Å². The number of ketones is 1. The number of Topliss-reactive ketones (excluding diaryl/α,β-unsaturated/α-hetero) is 1. The third-order valence-electron chi connectivity index (χ3n) is 2.45. The lowest BCUT2D eigenvalue weighted by Crippen LogP contribution is -2.39. The number of nitrogens with one attached hydrogen (secondary N) is 1. The van der Waals surface area contributed by atoms with Crippen molar-refractivity contribution in [3.05, 3.63) is 0 Å². The maximum atomic E-state index is 11.0. The largest absolute Gasteiger partial charge is 0.313 e. The zero-order valence-electron chi connectivity index (χ0n) is 6.10. The van der Waals surface area contributed by atoms with Crippen LogP contribution in [0.15, 0.2) is 0 Å². The highest BCUT2D eigenvalue weighted by atomic mass is 16.1. The Labute approximate surface area is 61.0 Å². The number of carbonyl (C=O) groups excluding carboxylic acids is 1. The molecular formula is C8H13NO. The maximum absolute atomic E-state index is 11.0. The molecule has 2 heteroatoms. The first kappa shape index (κ1) is 6.35. The Kier molecular flexibility index (Phi) is 1.49. The average Bonchev–Trinajstić information content (AvgIpc) is 2.68. The molecule has 1 N–H and O–H groups in total. The van der Waals surface area contributed by atoms with Crippen LogP contribution in [0.5, 0.6) is 0 Å². The molecule has 0 spiro atoms. The standard InChI is InChI=1S/C8H13NO/c10-7-3-4-9-8(5-7)6-1-2-6/h6,8-9H,1-5H2/t8-/m1/s1. The number of rotatable bonds is 1. The van der Waals surface area contributed by atoms with E-state index in [0.29, 0.717) is 11.8 Å². The highest BCUT2D eigenvalue weighted by Gasteiger charge is 2.33. The highest BCUT2D eigenvalue weighted by molar-refractivity contribution is 5.80. The molecule has 56 valence electrons. The van der Waals surface area contributed by atoms with Gasteiger partial charge in [-0.1, -0.05) is 0 Å². The molecule has 10 heavy (non-hydrogen) atoms. The Bertz CT molecular complexity index is 151. The molecule has 1 saturated heterocycles. The summed E-state index contributed by atoms with van der Waals surface area (Å²) in [6, 6.07) is 0.543. The first-order chi connectivity index (χ1) is 4.86. The van der Waals surface area contributed by atoms with Gasteiger partial charge in [0.25, 0.3) is 0 Å². The summed E-state index contributed by atoms with van der Waals surface area (Å²) in [5, 5.41) is 3.39. The van der Waals surface area contributed by atoms with Crippen LogP contribution in [-0.4, -0.2) is 18.4 Å².